The van der Waals surface area contributed by atoms with Crippen molar-refractivity contribution in [2.24, 2.45) is 0 Å². The Morgan fingerprint density at radius 2 is 1.72 bits per heavy atom. The van der Waals surface area contributed by atoms with Gasteiger partial charge in [-0.1, -0.05) is 36.4 Å². The molecule has 2 aromatic carbocycles. The number of urea groups is 1. The van der Waals surface area contributed by atoms with Gasteiger partial charge < -0.3 is 20.6 Å². The monoisotopic (exact) mass is 407 g/mol. The SMILES string of the molecule is O=C(NCc1ccccc1C(F)(F)F)[C@H]1C[C@H](O)CN1C(=O)Nc1ccccc1. The molecular weight excluding hydrogens is 387 g/mol. The summed E-state index contributed by atoms with van der Waals surface area (Å²) < 4.78 is 39.3. The van der Waals surface area contributed by atoms with Crippen LogP contribution >= 0.6 is 0 Å². The van der Waals surface area contributed by atoms with E-state index in [-0.39, 0.29) is 25.1 Å². The Morgan fingerprint density at radius 1 is 1.07 bits per heavy atom. The number of rotatable bonds is 4. The molecule has 0 radical (unpaired) electrons. The van der Waals surface area contributed by atoms with E-state index in [1.54, 1.807) is 30.3 Å². The van der Waals surface area contributed by atoms with Gasteiger partial charge in [-0.3, -0.25) is 4.79 Å². The Hall–Kier alpha value is -3.07. The quantitative estimate of drug-likeness (QED) is 0.729. The van der Waals surface area contributed by atoms with Gasteiger partial charge in [0.1, 0.15) is 6.04 Å². The zero-order valence-electron chi connectivity index (χ0n) is 15.3. The van der Waals surface area contributed by atoms with Gasteiger partial charge in [0.15, 0.2) is 0 Å². The topological polar surface area (TPSA) is 81.7 Å². The molecule has 0 aromatic heterocycles. The van der Waals surface area contributed by atoms with Gasteiger partial charge in [-0.2, -0.15) is 13.2 Å². The summed E-state index contributed by atoms with van der Waals surface area (Å²) in [5.41, 5.74) is -0.380. The van der Waals surface area contributed by atoms with Gasteiger partial charge in [0, 0.05) is 25.2 Å². The Balaban J connectivity index is 1.67. The number of para-hydroxylation sites is 1. The average Bonchev–Trinajstić information content (AvgIpc) is 3.08. The molecule has 29 heavy (non-hydrogen) atoms. The van der Waals surface area contributed by atoms with Crippen LogP contribution in [0.2, 0.25) is 0 Å². The van der Waals surface area contributed by atoms with Crippen molar-refractivity contribution in [1.29, 1.82) is 0 Å². The first-order valence-corrected chi connectivity index (χ1v) is 8.99. The van der Waals surface area contributed by atoms with Crippen LogP contribution in [0.4, 0.5) is 23.7 Å². The number of aliphatic hydroxyl groups excluding tert-OH is 1. The smallest absolute Gasteiger partial charge is 0.391 e. The summed E-state index contributed by atoms with van der Waals surface area (Å²) in [6.45, 7) is -0.384. The van der Waals surface area contributed by atoms with E-state index < -0.39 is 35.8 Å². The Kier molecular flexibility index (Phi) is 6.07. The van der Waals surface area contributed by atoms with Crippen molar-refractivity contribution in [3.05, 3.63) is 65.7 Å². The van der Waals surface area contributed by atoms with E-state index in [4.69, 9.17) is 0 Å². The lowest BCUT2D eigenvalue weighted by atomic mass is 10.1. The summed E-state index contributed by atoms with van der Waals surface area (Å²) in [6.07, 6.45) is -5.42. The van der Waals surface area contributed by atoms with E-state index in [9.17, 15) is 27.9 Å². The summed E-state index contributed by atoms with van der Waals surface area (Å²) in [7, 11) is 0. The molecule has 2 atom stereocenters. The van der Waals surface area contributed by atoms with E-state index >= 15 is 0 Å². The molecule has 2 aromatic rings. The van der Waals surface area contributed by atoms with Crippen LogP contribution in [0.15, 0.2) is 54.6 Å². The summed E-state index contributed by atoms with van der Waals surface area (Å²) in [5.74, 6) is -0.623. The number of hydrogen-bond donors (Lipinski definition) is 3. The van der Waals surface area contributed by atoms with Crippen LogP contribution in [-0.2, 0) is 17.5 Å². The van der Waals surface area contributed by atoms with E-state index in [0.717, 1.165) is 6.07 Å². The maximum atomic E-state index is 13.1. The summed E-state index contributed by atoms with van der Waals surface area (Å²) in [5, 5.41) is 15.0. The fraction of sp³-hybridized carbons (Fsp3) is 0.300. The number of anilines is 1. The molecule has 0 unspecified atom stereocenters. The molecule has 154 valence electrons. The summed E-state index contributed by atoms with van der Waals surface area (Å²) >= 11 is 0. The molecule has 1 aliphatic heterocycles. The van der Waals surface area contributed by atoms with Crippen molar-refractivity contribution in [2.45, 2.75) is 31.3 Å². The van der Waals surface area contributed by atoms with Crippen LogP contribution in [-0.4, -0.2) is 40.6 Å². The largest absolute Gasteiger partial charge is 0.416 e. The molecule has 1 aliphatic rings. The second-order valence-corrected chi connectivity index (χ2v) is 6.73. The number of aliphatic hydroxyl groups is 1. The van der Waals surface area contributed by atoms with Gasteiger partial charge in [-0.25, -0.2) is 4.79 Å². The van der Waals surface area contributed by atoms with Gasteiger partial charge in [-0.05, 0) is 23.8 Å². The van der Waals surface area contributed by atoms with Crippen molar-refractivity contribution >= 4 is 17.6 Å². The fourth-order valence-electron chi connectivity index (χ4n) is 3.25. The third kappa shape index (κ3) is 5.05. The highest BCUT2D eigenvalue weighted by atomic mass is 19.4. The van der Waals surface area contributed by atoms with Crippen LogP contribution in [0.25, 0.3) is 0 Å². The lowest BCUT2D eigenvalue weighted by Crippen LogP contribution is -2.47. The van der Waals surface area contributed by atoms with Crippen molar-refractivity contribution in [3.63, 3.8) is 0 Å². The zero-order valence-corrected chi connectivity index (χ0v) is 15.3. The van der Waals surface area contributed by atoms with Crippen LogP contribution in [0, 0.1) is 0 Å². The predicted molar refractivity (Wildman–Crippen MR) is 99.9 cm³/mol. The molecule has 0 aliphatic carbocycles. The lowest BCUT2D eigenvalue weighted by Gasteiger charge is -2.24. The number of alkyl halides is 3. The molecule has 0 bridgehead atoms. The van der Waals surface area contributed by atoms with E-state index in [1.807, 2.05) is 0 Å². The minimum Gasteiger partial charge on any atom is -0.391 e. The number of likely N-dealkylation sites (tertiary alicyclic amines) is 1. The van der Waals surface area contributed by atoms with Gasteiger partial charge in [0.25, 0.3) is 0 Å². The maximum Gasteiger partial charge on any atom is 0.416 e. The third-order valence-corrected chi connectivity index (χ3v) is 4.64. The molecule has 1 saturated heterocycles. The summed E-state index contributed by atoms with van der Waals surface area (Å²) in [4.78, 5) is 26.3. The number of benzene rings is 2. The first-order chi connectivity index (χ1) is 13.8. The number of halogens is 3. The lowest BCUT2D eigenvalue weighted by molar-refractivity contribution is -0.138. The Morgan fingerprint density at radius 3 is 2.41 bits per heavy atom. The molecule has 1 fully saturated rings. The number of nitrogens with one attached hydrogen (secondary N) is 2. The minimum absolute atomic E-state index is 0.00889. The number of carbonyl (C=O) groups is 2. The van der Waals surface area contributed by atoms with E-state index in [1.165, 1.54) is 23.1 Å². The number of β-amino-alcohol motifs (C(OH)–C–C–N with tert-alkyl or cyclic N) is 1. The fourth-order valence-corrected chi connectivity index (χ4v) is 3.25. The average molecular weight is 407 g/mol. The number of hydrogen-bond acceptors (Lipinski definition) is 3. The number of carbonyl (C=O) groups excluding carboxylic acids is 2. The molecular formula is C20H20F3N3O3. The van der Waals surface area contributed by atoms with Crippen molar-refractivity contribution in [3.8, 4) is 0 Å². The predicted octanol–water partition coefficient (Wildman–Crippen LogP) is 2.99. The molecule has 3 amide bonds. The van der Waals surface area contributed by atoms with E-state index in [0.29, 0.717) is 5.69 Å². The molecule has 9 heteroatoms. The second kappa shape index (κ2) is 8.52. The molecule has 0 spiro atoms. The number of amides is 3. The van der Waals surface area contributed by atoms with Crippen molar-refractivity contribution < 1.29 is 27.9 Å². The van der Waals surface area contributed by atoms with Crippen LogP contribution in [0.3, 0.4) is 0 Å². The molecule has 1 heterocycles. The van der Waals surface area contributed by atoms with Crippen molar-refractivity contribution in [1.82, 2.24) is 10.2 Å². The van der Waals surface area contributed by atoms with Gasteiger partial charge >= 0.3 is 12.2 Å². The van der Waals surface area contributed by atoms with E-state index in [2.05, 4.69) is 10.6 Å². The standard InChI is InChI=1S/C20H20F3N3O3/c21-20(22,23)16-9-5-4-6-13(16)11-24-18(28)17-10-15(27)12-26(17)19(29)25-14-7-2-1-3-8-14/h1-9,15,17,27H,10-12H2,(H,24,28)(H,25,29)/t15-,17+/m0/s1. The highest BCUT2D eigenvalue weighted by Crippen LogP contribution is 2.31. The Bertz CT molecular complexity index is 874. The zero-order chi connectivity index (χ0) is 21.0. The van der Waals surface area contributed by atoms with Crippen LogP contribution in [0.1, 0.15) is 17.5 Å². The van der Waals surface area contributed by atoms with Gasteiger partial charge in [0.2, 0.25) is 5.91 Å². The summed E-state index contributed by atoms with van der Waals surface area (Å²) in [6, 6.07) is 12.0. The molecule has 3 rings (SSSR count). The molecule has 0 saturated carbocycles. The van der Waals surface area contributed by atoms with Gasteiger partial charge in [0.05, 0.1) is 11.7 Å². The van der Waals surface area contributed by atoms with Crippen LogP contribution < -0.4 is 10.6 Å². The Labute approximate surface area is 165 Å². The first-order valence-electron chi connectivity index (χ1n) is 8.99. The van der Waals surface area contributed by atoms with Gasteiger partial charge in [-0.15, -0.1) is 0 Å². The van der Waals surface area contributed by atoms with Crippen molar-refractivity contribution in [2.75, 3.05) is 11.9 Å². The number of nitrogens with zero attached hydrogens (tertiary/aromatic N) is 1. The normalized spacial score (nSPS) is 19.1. The van der Waals surface area contributed by atoms with Crippen LogP contribution in [0.5, 0.6) is 0 Å². The third-order valence-electron chi connectivity index (χ3n) is 4.64. The minimum atomic E-state index is -4.54. The molecule has 3 N–H and O–H groups in total. The molecule has 6 nitrogen and oxygen atoms in total. The highest BCUT2D eigenvalue weighted by molar-refractivity contribution is 5.94. The highest BCUT2D eigenvalue weighted by Gasteiger charge is 2.39. The second-order valence-electron chi connectivity index (χ2n) is 6.73. The maximum absolute atomic E-state index is 13.1. The first kappa shape index (κ1) is 20.7.